The van der Waals surface area contributed by atoms with Crippen molar-refractivity contribution in [2.24, 2.45) is 5.73 Å². The van der Waals surface area contributed by atoms with Gasteiger partial charge in [0.1, 0.15) is 5.69 Å². The van der Waals surface area contributed by atoms with Crippen LogP contribution in [0.25, 0.3) is 17.0 Å². The van der Waals surface area contributed by atoms with E-state index in [0.717, 1.165) is 36.4 Å². The van der Waals surface area contributed by atoms with E-state index in [0.29, 0.717) is 28.9 Å². The number of carbonyl (C=O) groups excluding carboxylic acids is 1. The first-order valence-electron chi connectivity index (χ1n) is 8.92. The van der Waals surface area contributed by atoms with Gasteiger partial charge in [0.05, 0.1) is 12.8 Å². The van der Waals surface area contributed by atoms with Gasteiger partial charge in [0.2, 0.25) is 5.13 Å². The molecule has 0 atom stereocenters. The highest BCUT2D eigenvalue weighted by Crippen LogP contribution is 2.27. The monoisotopic (exact) mass is 397 g/mol. The van der Waals surface area contributed by atoms with E-state index < -0.39 is 0 Å². The number of amides is 1. The van der Waals surface area contributed by atoms with Crippen molar-refractivity contribution in [2.45, 2.75) is 19.4 Å². The van der Waals surface area contributed by atoms with Crippen molar-refractivity contribution in [1.82, 2.24) is 25.2 Å². The van der Waals surface area contributed by atoms with E-state index in [9.17, 15) is 4.79 Å². The minimum atomic E-state index is -0.248. The number of rotatable bonds is 7. The summed E-state index contributed by atoms with van der Waals surface area (Å²) in [7, 11) is 0. The van der Waals surface area contributed by atoms with E-state index in [1.54, 1.807) is 16.8 Å². The number of nitrogens with one attached hydrogen (secondary N) is 1. The smallest absolute Gasteiger partial charge is 0.257 e. The molecule has 3 aromatic rings. The van der Waals surface area contributed by atoms with Gasteiger partial charge in [0.25, 0.3) is 5.91 Å². The highest BCUT2D eigenvalue weighted by Gasteiger charge is 2.16. The third-order valence-corrected chi connectivity index (χ3v) is 4.99. The first-order valence-corrected chi connectivity index (χ1v) is 9.73. The maximum Gasteiger partial charge on any atom is 0.257 e. The average molecular weight is 397 g/mol. The second-order valence-corrected chi connectivity index (χ2v) is 7.14. The van der Waals surface area contributed by atoms with Gasteiger partial charge in [-0.15, -0.1) is 15.3 Å². The SMILES string of the molecule is NCCCn1cc(-c2ccc(C(=O)Nc3nnc(C4=CCCO4)s3)cc2)nn1. The second-order valence-electron chi connectivity index (χ2n) is 6.16. The molecule has 2 aromatic heterocycles. The Hall–Kier alpha value is -3.11. The standard InChI is InChI=1S/C18H19N7O2S/c19-8-2-9-25-11-14(21-24-25)12-4-6-13(7-5-12)16(26)20-18-23-22-17(28-18)15-3-1-10-27-15/h3-7,11H,1-2,8-10,19H2,(H,20,23,26). The van der Waals surface area contributed by atoms with Gasteiger partial charge in [-0.1, -0.05) is 28.7 Å². The van der Waals surface area contributed by atoms with Crippen LogP contribution in [0, 0.1) is 0 Å². The number of nitrogens with two attached hydrogens (primary N) is 1. The van der Waals surface area contributed by atoms with Crippen molar-refractivity contribution in [3.8, 4) is 11.3 Å². The van der Waals surface area contributed by atoms with Gasteiger partial charge in [0.15, 0.2) is 10.8 Å². The van der Waals surface area contributed by atoms with Crippen LogP contribution in [-0.2, 0) is 11.3 Å². The Bertz CT molecular complexity index is 994. The molecule has 144 valence electrons. The Balaban J connectivity index is 1.40. The Morgan fingerprint density at radius 3 is 2.86 bits per heavy atom. The fourth-order valence-corrected chi connectivity index (χ4v) is 3.43. The lowest BCUT2D eigenvalue weighted by atomic mass is 10.1. The zero-order valence-electron chi connectivity index (χ0n) is 15.0. The number of benzene rings is 1. The summed E-state index contributed by atoms with van der Waals surface area (Å²) in [5, 5.41) is 20.2. The van der Waals surface area contributed by atoms with E-state index in [-0.39, 0.29) is 5.91 Å². The topological polar surface area (TPSA) is 121 Å². The van der Waals surface area contributed by atoms with Gasteiger partial charge in [-0.3, -0.25) is 14.8 Å². The van der Waals surface area contributed by atoms with E-state index in [2.05, 4.69) is 25.8 Å². The molecule has 9 nitrogen and oxygen atoms in total. The summed E-state index contributed by atoms with van der Waals surface area (Å²) in [6.45, 7) is 2.00. The summed E-state index contributed by atoms with van der Waals surface area (Å²) < 4.78 is 7.22. The predicted molar refractivity (Wildman–Crippen MR) is 106 cm³/mol. The van der Waals surface area contributed by atoms with Gasteiger partial charge in [0, 0.05) is 24.1 Å². The van der Waals surface area contributed by atoms with Crippen molar-refractivity contribution in [3.05, 3.63) is 47.1 Å². The summed E-state index contributed by atoms with van der Waals surface area (Å²) in [5.41, 5.74) is 7.67. The number of hydrogen-bond donors (Lipinski definition) is 2. The van der Waals surface area contributed by atoms with Gasteiger partial charge < -0.3 is 10.5 Å². The van der Waals surface area contributed by atoms with Gasteiger partial charge in [-0.2, -0.15) is 0 Å². The van der Waals surface area contributed by atoms with Crippen LogP contribution in [0.2, 0.25) is 0 Å². The van der Waals surface area contributed by atoms with Crippen LogP contribution >= 0.6 is 11.3 Å². The zero-order chi connectivity index (χ0) is 19.3. The summed E-state index contributed by atoms with van der Waals surface area (Å²) in [4.78, 5) is 12.5. The van der Waals surface area contributed by atoms with Crippen molar-refractivity contribution in [2.75, 3.05) is 18.5 Å². The predicted octanol–water partition coefficient (Wildman–Crippen LogP) is 2.16. The molecule has 0 aliphatic carbocycles. The molecule has 0 radical (unpaired) electrons. The molecular weight excluding hydrogens is 378 g/mol. The lowest BCUT2D eigenvalue weighted by molar-refractivity contribution is 0.102. The molecule has 0 unspecified atom stereocenters. The van der Waals surface area contributed by atoms with E-state index in [1.807, 2.05) is 24.4 Å². The first kappa shape index (κ1) is 18.3. The number of carbonyl (C=O) groups is 1. The summed E-state index contributed by atoms with van der Waals surface area (Å²) in [6.07, 6.45) is 5.55. The lowest BCUT2D eigenvalue weighted by Gasteiger charge is -2.02. The summed E-state index contributed by atoms with van der Waals surface area (Å²) >= 11 is 1.28. The highest BCUT2D eigenvalue weighted by molar-refractivity contribution is 7.16. The molecular formula is C18H19N7O2S. The van der Waals surface area contributed by atoms with Crippen LogP contribution in [0.4, 0.5) is 5.13 Å². The Morgan fingerprint density at radius 1 is 1.25 bits per heavy atom. The molecule has 3 heterocycles. The van der Waals surface area contributed by atoms with Crippen LogP contribution in [0.5, 0.6) is 0 Å². The Morgan fingerprint density at radius 2 is 2.11 bits per heavy atom. The van der Waals surface area contributed by atoms with Crippen LogP contribution < -0.4 is 11.1 Å². The van der Waals surface area contributed by atoms with Crippen molar-refractivity contribution in [3.63, 3.8) is 0 Å². The summed E-state index contributed by atoms with van der Waals surface area (Å²) in [6, 6.07) is 7.17. The largest absolute Gasteiger partial charge is 0.490 e. The van der Waals surface area contributed by atoms with Crippen LogP contribution in [0.1, 0.15) is 28.2 Å². The number of hydrogen-bond acceptors (Lipinski definition) is 8. The highest BCUT2D eigenvalue weighted by atomic mass is 32.1. The Kier molecular flexibility index (Phi) is 5.40. The van der Waals surface area contributed by atoms with Crippen molar-refractivity contribution >= 4 is 28.1 Å². The molecule has 10 heteroatoms. The number of anilines is 1. The zero-order valence-corrected chi connectivity index (χ0v) is 15.9. The Labute approximate surface area is 165 Å². The average Bonchev–Trinajstić information content (AvgIpc) is 3.47. The maximum atomic E-state index is 12.5. The first-order chi connectivity index (χ1) is 13.7. The molecule has 4 rings (SSSR count). The molecule has 28 heavy (non-hydrogen) atoms. The van der Waals surface area contributed by atoms with E-state index in [1.165, 1.54) is 11.3 Å². The van der Waals surface area contributed by atoms with Crippen LogP contribution in [0.3, 0.4) is 0 Å². The molecule has 0 spiro atoms. The normalized spacial score (nSPS) is 13.2. The fraction of sp³-hybridized carbons (Fsp3) is 0.278. The maximum absolute atomic E-state index is 12.5. The van der Waals surface area contributed by atoms with E-state index in [4.69, 9.17) is 10.5 Å². The molecule has 0 saturated heterocycles. The minimum Gasteiger partial charge on any atom is -0.490 e. The van der Waals surface area contributed by atoms with Gasteiger partial charge in [-0.25, -0.2) is 0 Å². The molecule has 0 saturated carbocycles. The number of ether oxygens (including phenoxy) is 1. The molecule has 3 N–H and O–H groups in total. The van der Waals surface area contributed by atoms with Gasteiger partial charge >= 0.3 is 0 Å². The molecule has 0 bridgehead atoms. The van der Waals surface area contributed by atoms with Crippen LogP contribution in [-0.4, -0.2) is 44.3 Å². The van der Waals surface area contributed by atoms with Crippen molar-refractivity contribution < 1.29 is 9.53 Å². The third-order valence-electron chi connectivity index (χ3n) is 4.13. The van der Waals surface area contributed by atoms with Crippen LogP contribution in [0.15, 0.2) is 36.5 Å². The number of aromatic nitrogens is 5. The molecule has 1 amide bonds. The molecule has 1 aliphatic rings. The van der Waals surface area contributed by atoms with Gasteiger partial charge in [-0.05, 0) is 31.2 Å². The minimum absolute atomic E-state index is 0.248. The number of nitrogens with zero attached hydrogens (tertiary/aromatic N) is 5. The molecule has 0 fully saturated rings. The third kappa shape index (κ3) is 4.07. The fourth-order valence-electron chi connectivity index (χ4n) is 2.70. The summed E-state index contributed by atoms with van der Waals surface area (Å²) in [5.74, 6) is 0.476. The molecule has 1 aliphatic heterocycles. The van der Waals surface area contributed by atoms with Crippen molar-refractivity contribution in [1.29, 1.82) is 0 Å². The molecule has 1 aromatic carbocycles. The van der Waals surface area contributed by atoms with E-state index >= 15 is 0 Å². The quantitative estimate of drug-likeness (QED) is 0.626. The lowest BCUT2D eigenvalue weighted by Crippen LogP contribution is -2.11. The number of aryl methyl sites for hydroxylation is 1. The second kappa shape index (κ2) is 8.28.